The van der Waals surface area contributed by atoms with E-state index in [0.717, 1.165) is 19.3 Å². The Hall–Kier alpha value is -2.11. The van der Waals surface area contributed by atoms with E-state index in [1.54, 1.807) is 18.3 Å². The van der Waals surface area contributed by atoms with E-state index >= 15 is 0 Å². The fraction of sp³-hybridized carbons (Fsp3) is 0.533. The van der Waals surface area contributed by atoms with Crippen LogP contribution in [-0.4, -0.2) is 27.1 Å². The van der Waals surface area contributed by atoms with Gasteiger partial charge in [0.1, 0.15) is 5.54 Å². The van der Waals surface area contributed by atoms with Gasteiger partial charge in [0.25, 0.3) is 5.56 Å². The second-order valence-corrected chi connectivity index (χ2v) is 5.48. The van der Waals surface area contributed by atoms with Gasteiger partial charge in [0, 0.05) is 25.2 Å². The average Bonchev–Trinajstić information content (AvgIpc) is 2.47. The van der Waals surface area contributed by atoms with Gasteiger partial charge >= 0.3 is 5.97 Å². The quantitative estimate of drug-likeness (QED) is 0.852. The highest BCUT2D eigenvalue weighted by atomic mass is 16.4. The number of aliphatic carboxylic acids is 1. The molecule has 1 amide bonds. The Bertz CT molecular complexity index is 573. The molecule has 2 rings (SSSR count). The van der Waals surface area contributed by atoms with Gasteiger partial charge in [0.2, 0.25) is 5.91 Å². The van der Waals surface area contributed by atoms with E-state index in [0.29, 0.717) is 12.8 Å². The lowest BCUT2D eigenvalue weighted by Crippen LogP contribution is -2.55. The van der Waals surface area contributed by atoms with Crippen LogP contribution in [0.3, 0.4) is 0 Å². The largest absolute Gasteiger partial charge is 0.480 e. The number of carboxylic acid groups (broad SMARTS) is 1. The Morgan fingerprint density at radius 1 is 1.24 bits per heavy atom. The van der Waals surface area contributed by atoms with Crippen LogP contribution in [-0.2, 0) is 16.1 Å². The van der Waals surface area contributed by atoms with Crippen molar-refractivity contribution in [1.82, 2.24) is 9.88 Å². The zero-order valence-corrected chi connectivity index (χ0v) is 11.9. The van der Waals surface area contributed by atoms with Gasteiger partial charge in [0.15, 0.2) is 0 Å². The van der Waals surface area contributed by atoms with Crippen molar-refractivity contribution >= 4 is 11.9 Å². The second-order valence-electron chi connectivity index (χ2n) is 5.48. The molecule has 1 aliphatic carbocycles. The number of pyridine rings is 1. The first-order chi connectivity index (χ1) is 10.0. The van der Waals surface area contributed by atoms with E-state index in [2.05, 4.69) is 5.32 Å². The molecule has 0 saturated heterocycles. The highest BCUT2D eigenvalue weighted by molar-refractivity contribution is 5.87. The number of aryl methyl sites for hydroxylation is 1. The standard InChI is InChI=1S/C15H20N2O4/c18-12(7-11-17-10-5-2-6-13(17)19)16-15(14(20)21)8-3-1-4-9-15/h2,5-6,10H,1,3-4,7-9,11H2,(H,16,18)(H,20,21). The summed E-state index contributed by atoms with van der Waals surface area (Å²) in [6.45, 7) is 0.251. The molecule has 1 aromatic heterocycles. The van der Waals surface area contributed by atoms with E-state index < -0.39 is 11.5 Å². The van der Waals surface area contributed by atoms with Crippen molar-refractivity contribution in [2.45, 2.75) is 50.6 Å². The minimum atomic E-state index is -1.13. The molecule has 0 radical (unpaired) electrons. The zero-order valence-electron chi connectivity index (χ0n) is 11.9. The average molecular weight is 292 g/mol. The van der Waals surface area contributed by atoms with Crippen LogP contribution in [0.25, 0.3) is 0 Å². The number of hydrogen-bond acceptors (Lipinski definition) is 3. The lowest BCUT2D eigenvalue weighted by atomic mass is 9.81. The Morgan fingerprint density at radius 2 is 1.95 bits per heavy atom. The molecule has 1 aliphatic rings. The van der Waals surface area contributed by atoms with Gasteiger partial charge in [-0.2, -0.15) is 0 Å². The number of carbonyl (C=O) groups excluding carboxylic acids is 1. The van der Waals surface area contributed by atoms with Crippen molar-refractivity contribution in [2.24, 2.45) is 0 Å². The lowest BCUT2D eigenvalue weighted by molar-refractivity contribution is -0.149. The molecule has 0 spiro atoms. The Kier molecular flexibility index (Phi) is 4.77. The summed E-state index contributed by atoms with van der Waals surface area (Å²) in [5.41, 5.74) is -1.30. The van der Waals surface area contributed by atoms with Gasteiger partial charge in [0.05, 0.1) is 0 Å². The Morgan fingerprint density at radius 3 is 2.57 bits per heavy atom. The van der Waals surface area contributed by atoms with Crippen LogP contribution in [0.2, 0.25) is 0 Å². The van der Waals surface area contributed by atoms with Crippen molar-refractivity contribution in [3.63, 3.8) is 0 Å². The third-order valence-electron chi connectivity index (χ3n) is 3.97. The predicted octanol–water partition coefficient (Wildman–Crippen LogP) is 1.14. The first-order valence-electron chi connectivity index (χ1n) is 7.23. The number of amides is 1. The monoisotopic (exact) mass is 292 g/mol. The molecule has 21 heavy (non-hydrogen) atoms. The number of rotatable bonds is 5. The number of nitrogens with zero attached hydrogens (tertiary/aromatic N) is 1. The first kappa shape index (κ1) is 15.3. The maximum absolute atomic E-state index is 12.0. The van der Waals surface area contributed by atoms with E-state index in [4.69, 9.17) is 0 Å². The van der Waals surface area contributed by atoms with Crippen LogP contribution >= 0.6 is 0 Å². The van der Waals surface area contributed by atoms with Crippen LogP contribution in [0.15, 0.2) is 29.2 Å². The second kappa shape index (κ2) is 6.56. The molecule has 2 N–H and O–H groups in total. The molecule has 0 atom stereocenters. The number of carbonyl (C=O) groups is 2. The summed E-state index contributed by atoms with van der Waals surface area (Å²) in [5, 5.41) is 12.1. The van der Waals surface area contributed by atoms with E-state index in [1.165, 1.54) is 10.6 Å². The van der Waals surface area contributed by atoms with E-state index in [1.807, 2.05) is 0 Å². The summed E-state index contributed by atoms with van der Waals surface area (Å²) in [6, 6.07) is 4.79. The van der Waals surface area contributed by atoms with E-state index in [-0.39, 0.29) is 24.4 Å². The summed E-state index contributed by atoms with van der Waals surface area (Å²) in [5.74, 6) is -1.29. The molecule has 1 heterocycles. The molecule has 1 saturated carbocycles. The fourth-order valence-electron chi connectivity index (χ4n) is 2.74. The molecule has 6 nitrogen and oxygen atoms in total. The first-order valence-corrected chi connectivity index (χ1v) is 7.23. The van der Waals surface area contributed by atoms with Crippen molar-refractivity contribution in [1.29, 1.82) is 0 Å². The van der Waals surface area contributed by atoms with Gasteiger partial charge in [-0.3, -0.25) is 9.59 Å². The number of aromatic nitrogens is 1. The molecule has 1 fully saturated rings. The SMILES string of the molecule is O=C(CCn1ccccc1=O)NC1(C(=O)O)CCCCC1. The number of nitrogens with one attached hydrogen (secondary N) is 1. The summed E-state index contributed by atoms with van der Waals surface area (Å²) < 4.78 is 1.44. The minimum Gasteiger partial charge on any atom is -0.480 e. The van der Waals surface area contributed by atoms with Crippen LogP contribution in [0.5, 0.6) is 0 Å². The summed E-state index contributed by atoms with van der Waals surface area (Å²) in [6.07, 6.45) is 5.28. The highest BCUT2D eigenvalue weighted by Gasteiger charge is 2.40. The van der Waals surface area contributed by atoms with E-state index in [9.17, 15) is 19.5 Å². The van der Waals surface area contributed by atoms with Gasteiger partial charge < -0.3 is 15.0 Å². The summed E-state index contributed by atoms with van der Waals surface area (Å²) in [4.78, 5) is 35.0. The van der Waals surface area contributed by atoms with Gasteiger partial charge in [-0.1, -0.05) is 25.3 Å². The molecule has 0 aromatic carbocycles. The Labute approximate surface area is 122 Å². The maximum atomic E-state index is 12.0. The topological polar surface area (TPSA) is 88.4 Å². The van der Waals surface area contributed by atoms with Crippen LogP contribution < -0.4 is 10.9 Å². The van der Waals surface area contributed by atoms with Gasteiger partial charge in [-0.05, 0) is 18.9 Å². The van der Waals surface area contributed by atoms with Crippen molar-refractivity contribution < 1.29 is 14.7 Å². The van der Waals surface area contributed by atoms with Crippen molar-refractivity contribution in [2.75, 3.05) is 0 Å². The van der Waals surface area contributed by atoms with Crippen LogP contribution in [0, 0.1) is 0 Å². The van der Waals surface area contributed by atoms with Crippen LogP contribution in [0.4, 0.5) is 0 Å². The smallest absolute Gasteiger partial charge is 0.329 e. The molecule has 6 heteroatoms. The normalized spacial score (nSPS) is 17.1. The summed E-state index contributed by atoms with van der Waals surface area (Å²) >= 11 is 0. The molecule has 1 aromatic rings. The van der Waals surface area contributed by atoms with Crippen molar-refractivity contribution in [3.8, 4) is 0 Å². The maximum Gasteiger partial charge on any atom is 0.329 e. The predicted molar refractivity (Wildman–Crippen MR) is 76.9 cm³/mol. The van der Waals surface area contributed by atoms with Crippen molar-refractivity contribution in [3.05, 3.63) is 34.7 Å². The number of carboxylic acids is 1. The fourth-order valence-corrected chi connectivity index (χ4v) is 2.74. The minimum absolute atomic E-state index is 0.0962. The molecular weight excluding hydrogens is 272 g/mol. The molecule has 114 valence electrons. The Balaban J connectivity index is 1.95. The van der Waals surface area contributed by atoms with Gasteiger partial charge in [-0.15, -0.1) is 0 Å². The summed E-state index contributed by atoms with van der Waals surface area (Å²) in [7, 11) is 0. The number of hydrogen-bond donors (Lipinski definition) is 2. The highest BCUT2D eigenvalue weighted by Crippen LogP contribution is 2.28. The molecular formula is C15H20N2O4. The molecule has 0 unspecified atom stereocenters. The zero-order chi connectivity index (χ0) is 15.3. The molecule has 0 bridgehead atoms. The third kappa shape index (κ3) is 3.71. The third-order valence-corrected chi connectivity index (χ3v) is 3.97. The lowest BCUT2D eigenvalue weighted by Gasteiger charge is -2.34. The van der Waals surface area contributed by atoms with Crippen LogP contribution in [0.1, 0.15) is 38.5 Å². The molecule has 0 aliphatic heterocycles. The van der Waals surface area contributed by atoms with Gasteiger partial charge in [-0.25, -0.2) is 4.79 Å².